The summed E-state index contributed by atoms with van der Waals surface area (Å²) in [5, 5.41) is 0. The number of Topliss-reactive ketones (excluding diaryl/α,β-unsaturated/α-hetero) is 1. The van der Waals surface area contributed by atoms with E-state index in [0.717, 1.165) is 0 Å². The van der Waals surface area contributed by atoms with Gasteiger partial charge in [-0.3, -0.25) is 4.79 Å². The fourth-order valence-corrected chi connectivity index (χ4v) is 0.763. The molecule has 0 fully saturated rings. The molecule has 0 aliphatic heterocycles. The van der Waals surface area contributed by atoms with Gasteiger partial charge < -0.3 is 5.73 Å². The van der Waals surface area contributed by atoms with Gasteiger partial charge in [-0.1, -0.05) is 0 Å². The van der Waals surface area contributed by atoms with Crippen molar-refractivity contribution in [3.05, 3.63) is 0 Å². The summed E-state index contributed by atoms with van der Waals surface area (Å²) in [7, 11) is -2.17. The van der Waals surface area contributed by atoms with E-state index >= 15 is 0 Å². The Labute approximate surface area is 53.9 Å². The van der Waals surface area contributed by atoms with Crippen molar-refractivity contribution in [3.63, 3.8) is 0 Å². The second-order valence-corrected chi connectivity index (χ2v) is 2.72. The molecule has 0 bridgehead atoms. The molecule has 9 heavy (non-hydrogen) atoms. The minimum absolute atomic E-state index is 0.0331. The zero-order valence-corrected chi connectivity index (χ0v) is 5.80. The first-order chi connectivity index (χ1) is 4.16. The van der Waals surface area contributed by atoms with E-state index in [4.69, 9.17) is 10.6 Å². The Balaban J connectivity index is 3.28. The molecule has 4 nitrogen and oxygen atoms in total. The van der Waals surface area contributed by atoms with Gasteiger partial charge in [-0.15, -0.1) is 0 Å². The third kappa shape index (κ3) is 5.56. The van der Waals surface area contributed by atoms with Crippen LogP contribution >= 0.6 is 8.03 Å². The van der Waals surface area contributed by atoms with Crippen LogP contribution in [0.3, 0.4) is 0 Å². The van der Waals surface area contributed by atoms with E-state index in [-0.39, 0.29) is 24.9 Å². The highest BCUT2D eigenvalue weighted by atomic mass is 31.1. The summed E-state index contributed by atoms with van der Waals surface area (Å²) < 4.78 is 9.97. The van der Waals surface area contributed by atoms with Gasteiger partial charge in [0.1, 0.15) is 0 Å². The van der Waals surface area contributed by atoms with Crippen LogP contribution in [-0.4, -0.2) is 23.4 Å². The maximum Gasteiger partial charge on any atom is 0.505 e. The lowest BCUT2D eigenvalue weighted by Gasteiger charge is -1.84. The molecule has 0 saturated carbocycles. The predicted octanol–water partition coefficient (Wildman–Crippen LogP) is -0.361. The summed E-state index contributed by atoms with van der Waals surface area (Å²) in [4.78, 5) is 18.6. The normalized spacial score (nSPS) is 11.1. The maximum atomic E-state index is 10.4. The first-order valence-electron chi connectivity index (χ1n) is 2.52. The summed E-state index contributed by atoms with van der Waals surface area (Å²) >= 11 is 0. The van der Waals surface area contributed by atoms with Crippen LogP contribution in [-0.2, 0) is 9.36 Å². The second kappa shape index (κ2) is 4.56. The number of nitrogens with two attached hydrogens (primary N) is 1. The molecule has 0 aliphatic rings. The van der Waals surface area contributed by atoms with Crippen molar-refractivity contribution in [2.24, 2.45) is 5.73 Å². The molecule has 0 aromatic rings. The molecular formula is C4H9NO3P+. The Kier molecular flexibility index (Phi) is 4.40. The number of rotatable bonds is 4. The van der Waals surface area contributed by atoms with E-state index < -0.39 is 8.03 Å². The van der Waals surface area contributed by atoms with Gasteiger partial charge in [0.05, 0.1) is 13.0 Å². The molecule has 0 aromatic carbocycles. The number of hydrogen-bond donors (Lipinski definition) is 2. The highest BCUT2D eigenvalue weighted by Gasteiger charge is 2.11. The Morgan fingerprint density at radius 3 is 2.56 bits per heavy atom. The highest BCUT2D eigenvalue weighted by molar-refractivity contribution is 7.38. The Morgan fingerprint density at radius 1 is 1.67 bits per heavy atom. The lowest BCUT2D eigenvalue weighted by Crippen LogP contribution is -2.13. The van der Waals surface area contributed by atoms with Crippen LogP contribution in [0, 0.1) is 0 Å². The first kappa shape index (κ1) is 8.69. The fraction of sp³-hybridized carbons (Fsp3) is 0.750. The van der Waals surface area contributed by atoms with Crippen molar-refractivity contribution in [2.45, 2.75) is 6.42 Å². The van der Waals surface area contributed by atoms with Gasteiger partial charge in [0.2, 0.25) is 0 Å². The highest BCUT2D eigenvalue weighted by Crippen LogP contribution is 2.13. The summed E-state index contributed by atoms with van der Waals surface area (Å²) in [5.74, 6) is -0.174. The minimum Gasteiger partial charge on any atom is -0.324 e. The summed E-state index contributed by atoms with van der Waals surface area (Å²) in [6, 6.07) is 0. The quantitative estimate of drug-likeness (QED) is 0.536. The zero-order chi connectivity index (χ0) is 7.28. The standard InChI is InChI=1S/C4H8NO3P/c5-3-4(6)1-2-9(7)8/h1-3,5H2/p+1. The number of carbonyl (C=O) groups is 1. The first-order valence-corrected chi connectivity index (χ1v) is 3.92. The van der Waals surface area contributed by atoms with Gasteiger partial charge >= 0.3 is 8.03 Å². The van der Waals surface area contributed by atoms with Crippen molar-refractivity contribution < 1.29 is 14.3 Å². The third-order valence-corrected chi connectivity index (χ3v) is 1.42. The van der Waals surface area contributed by atoms with Crippen LogP contribution in [0.25, 0.3) is 0 Å². The maximum absolute atomic E-state index is 10.4. The number of ketones is 1. The molecule has 0 rings (SSSR count). The molecule has 3 N–H and O–H groups in total. The molecule has 0 aromatic heterocycles. The average molecular weight is 150 g/mol. The van der Waals surface area contributed by atoms with Crippen molar-refractivity contribution in [3.8, 4) is 0 Å². The molecule has 0 radical (unpaired) electrons. The van der Waals surface area contributed by atoms with E-state index in [0.29, 0.717) is 0 Å². The monoisotopic (exact) mass is 150 g/mol. The largest absolute Gasteiger partial charge is 0.505 e. The van der Waals surface area contributed by atoms with Crippen LogP contribution in [0.1, 0.15) is 6.42 Å². The van der Waals surface area contributed by atoms with Gasteiger partial charge in [-0.05, 0) is 4.57 Å². The number of hydrogen-bond acceptors (Lipinski definition) is 3. The van der Waals surface area contributed by atoms with Gasteiger partial charge in [-0.25, -0.2) is 0 Å². The molecule has 0 saturated heterocycles. The van der Waals surface area contributed by atoms with Crippen LogP contribution in [0.4, 0.5) is 0 Å². The summed E-state index contributed by atoms with van der Waals surface area (Å²) in [6.45, 7) is -0.0385. The Bertz CT molecular complexity index is 125. The van der Waals surface area contributed by atoms with E-state index in [2.05, 4.69) is 0 Å². The van der Waals surface area contributed by atoms with Crippen molar-refractivity contribution in [1.82, 2.24) is 0 Å². The van der Waals surface area contributed by atoms with Crippen molar-refractivity contribution in [1.29, 1.82) is 0 Å². The van der Waals surface area contributed by atoms with E-state index in [1.54, 1.807) is 0 Å². The minimum atomic E-state index is -2.17. The lowest BCUT2D eigenvalue weighted by atomic mass is 10.3. The van der Waals surface area contributed by atoms with Gasteiger partial charge in [-0.2, -0.15) is 4.89 Å². The third-order valence-electron chi connectivity index (χ3n) is 0.810. The molecule has 5 heteroatoms. The lowest BCUT2D eigenvalue weighted by molar-refractivity contribution is -0.117. The molecular weight excluding hydrogens is 141 g/mol. The van der Waals surface area contributed by atoms with E-state index in [9.17, 15) is 9.36 Å². The van der Waals surface area contributed by atoms with Gasteiger partial charge in [0, 0.05) is 0 Å². The van der Waals surface area contributed by atoms with E-state index in [1.165, 1.54) is 0 Å². The van der Waals surface area contributed by atoms with E-state index in [1.807, 2.05) is 0 Å². The molecule has 0 aliphatic carbocycles. The summed E-state index contributed by atoms with van der Waals surface area (Å²) in [6.07, 6.45) is 0.146. The Morgan fingerprint density at radius 2 is 2.22 bits per heavy atom. The van der Waals surface area contributed by atoms with Gasteiger partial charge in [0.15, 0.2) is 11.9 Å². The SMILES string of the molecule is NCC(=O)CC[P+](=O)O. The van der Waals surface area contributed by atoms with Crippen LogP contribution < -0.4 is 5.73 Å². The smallest absolute Gasteiger partial charge is 0.324 e. The fourth-order valence-electron chi connectivity index (χ4n) is 0.322. The molecule has 0 heterocycles. The zero-order valence-electron chi connectivity index (χ0n) is 4.91. The predicted molar refractivity (Wildman–Crippen MR) is 33.4 cm³/mol. The molecule has 52 valence electrons. The van der Waals surface area contributed by atoms with Crippen LogP contribution in [0.15, 0.2) is 0 Å². The average Bonchev–Trinajstić information content (AvgIpc) is 1.83. The van der Waals surface area contributed by atoms with Crippen LogP contribution in [0.2, 0.25) is 0 Å². The Hall–Kier alpha value is -0.310. The van der Waals surface area contributed by atoms with Crippen molar-refractivity contribution >= 4 is 13.8 Å². The van der Waals surface area contributed by atoms with Crippen LogP contribution in [0.5, 0.6) is 0 Å². The molecule has 0 spiro atoms. The summed E-state index contributed by atoms with van der Waals surface area (Å²) in [5.41, 5.74) is 4.93. The number of carbonyl (C=O) groups excluding carboxylic acids is 1. The topological polar surface area (TPSA) is 80.4 Å². The second-order valence-electron chi connectivity index (χ2n) is 1.57. The molecule has 1 atom stereocenters. The molecule has 0 amide bonds. The van der Waals surface area contributed by atoms with Gasteiger partial charge in [0.25, 0.3) is 0 Å². The molecule has 1 unspecified atom stereocenters. The van der Waals surface area contributed by atoms with Crippen molar-refractivity contribution in [2.75, 3.05) is 12.7 Å².